The van der Waals surface area contributed by atoms with Gasteiger partial charge in [0.1, 0.15) is 5.75 Å². The minimum atomic E-state index is 0.672. The Bertz CT molecular complexity index is 313. The van der Waals surface area contributed by atoms with E-state index < -0.39 is 0 Å². The number of hydrogen-bond acceptors (Lipinski definition) is 1. The third kappa shape index (κ3) is 2.50. The minimum Gasteiger partial charge on any atom is -0.496 e. The highest BCUT2D eigenvalue weighted by molar-refractivity contribution is 5.43. The Morgan fingerprint density at radius 2 is 1.86 bits per heavy atom. The molecule has 0 N–H and O–H groups in total. The van der Waals surface area contributed by atoms with Crippen molar-refractivity contribution in [2.75, 3.05) is 7.11 Å². The number of methoxy groups -OCH3 is 1. The Morgan fingerprint density at radius 1 is 1.21 bits per heavy atom. The lowest BCUT2D eigenvalue weighted by Gasteiger charge is -2.14. The topological polar surface area (TPSA) is 9.23 Å². The molecule has 14 heavy (non-hydrogen) atoms. The van der Waals surface area contributed by atoms with E-state index in [1.54, 1.807) is 7.11 Å². The molecule has 0 aliphatic rings. The van der Waals surface area contributed by atoms with Crippen LogP contribution in [0.25, 0.3) is 0 Å². The fourth-order valence-electron chi connectivity index (χ4n) is 1.81. The van der Waals surface area contributed by atoms with Crippen molar-refractivity contribution in [3.8, 4) is 5.75 Å². The number of hydrogen-bond donors (Lipinski definition) is 0. The van der Waals surface area contributed by atoms with Gasteiger partial charge >= 0.3 is 0 Å². The Hall–Kier alpha value is -0.980. The maximum Gasteiger partial charge on any atom is 0.122 e. The van der Waals surface area contributed by atoms with Crippen molar-refractivity contribution in [2.45, 2.75) is 34.1 Å². The van der Waals surface area contributed by atoms with Crippen molar-refractivity contribution >= 4 is 0 Å². The molecule has 1 heteroatoms. The van der Waals surface area contributed by atoms with Crippen LogP contribution in [0.3, 0.4) is 0 Å². The zero-order valence-electron chi connectivity index (χ0n) is 9.85. The van der Waals surface area contributed by atoms with Gasteiger partial charge in [-0.25, -0.2) is 0 Å². The molecule has 1 aromatic rings. The van der Waals surface area contributed by atoms with Crippen molar-refractivity contribution in [1.29, 1.82) is 0 Å². The number of aryl methyl sites for hydroxylation is 2. The quantitative estimate of drug-likeness (QED) is 0.712. The zero-order valence-corrected chi connectivity index (χ0v) is 9.85. The van der Waals surface area contributed by atoms with Crippen molar-refractivity contribution in [2.24, 2.45) is 5.92 Å². The summed E-state index contributed by atoms with van der Waals surface area (Å²) in [6.07, 6.45) is 1.09. The summed E-state index contributed by atoms with van der Waals surface area (Å²) >= 11 is 0. The van der Waals surface area contributed by atoms with E-state index in [-0.39, 0.29) is 0 Å². The molecule has 0 bridgehead atoms. The molecule has 0 heterocycles. The summed E-state index contributed by atoms with van der Waals surface area (Å²) in [5.41, 5.74) is 3.97. The van der Waals surface area contributed by atoms with Crippen LogP contribution < -0.4 is 4.74 Å². The Balaban J connectivity index is 3.11. The van der Waals surface area contributed by atoms with Gasteiger partial charge in [-0.1, -0.05) is 19.9 Å². The van der Waals surface area contributed by atoms with Gasteiger partial charge in [-0.2, -0.15) is 0 Å². The molecule has 0 spiro atoms. The van der Waals surface area contributed by atoms with E-state index in [0.29, 0.717) is 5.92 Å². The number of rotatable bonds is 3. The molecule has 0 aliphatic heterocycles. The number of ether oxygens (including phenoxy) is 1. The van der Waals surface area contributed by atoms with Gasteiger partial charge in [0, 0.05) is 0 Å². The minimum absolute atomic E-state index is 0.672. The molecular weight excluding hydrogens is 172 g/mol. The summed E-state index contributed by atoms with van der Waals surface area (Å²) in [5.74, 6) is 1.71. The van der Waals surface area contributed by atoms with Crippen LogP contribution in [0.15, 0.2) is 12.1 Å². The molecule has 1 rings (SSSR count). The van der Waals surface area contributed by atoms with Gasteiger partial charge in [0.2, 0.25) is 0 Å². The van der Waals surface area contributed by atoms with E-state index in [1.165, 1.54) is 16.7 Å². The van der Waals surface area contributed by atoms with E-state index in [1.807, 2.05) is 0 Å². The van der Waals surface area contributed by atoms with Crippen LogP contribution in [0.2, 0.25) is 0 Å². The van der Waals surface area contributed by atoms with Crippen LogP contribution >= 0.6 is 0 Å². The van der Waals surface area contributed by atoms with Crippen LogP contribution in [-0.2, 0) is 6.42 Å². The fraction of sp³-hybridized carbons (Fsp3) is 0.538. The first kappa shape index (κ1) is 11.1. The Labute approximate surface area is 87.1 Å². The van der Waals surface area contributed by atoms with Crippen LogP contribution in [0.1, 0.15) is 30.5 Å². The molecule has 78 valence electrons. The van der Waals surface area contributed by atoms with Gasteiger partial charge in [-0.3, -0.25) is 0 Å². The molecule has 0 atom stereocenters. The molecule has 0 amide bonds. The zero-order chi connectivity index (χ0) is 10.7. The van der Waals surface area contributed by atoms with Gasteiger partial charge in [-0.05, 0) is 48.9 Å². The van der Waals surface area contributed by atoms with Gasteiger partial charge in [0.25, 0.3) is 0 Å². The maximum absolute atomic E-state index is 5.41. The Kier molecular flexibility index (Phi) is 3.56. The second-order valence-electron chi connectivity index (χ2n) is 4.36. The molecule has 0 saturated heterocycles. The second kappa shape index (κ2) is 4.50. The SMILES string of the molecule is COc1cc(C)cc(C)c1CC(C)C. The first-order valence-corrected chi connectivity index (χ1v) is 5.18. The summed E-state index contributed by atoms with van der Waals surface area (Å²) in [7, 11) is 1.75. The van der Waals surface area contributed by atoms with Crippen LogP contribution in [0, 0.1) is 19.8 Å². The fourth-order valence-corrected chi connectivity index (χ4v) is 1.81. The van der Waals surface area contributed by atoms with Crippen LogP contribution in [0.5, 0.6) is 5.75 Å². The highest BCUT2D eigenvalue weighted by Gasteiger charge is 2.08. The summed E-state index contributed by atoms with van der Waals surface area (Å²) in [6.45, 7) is 8.74. The summed E-state index contributed by atoms with van der Waals surface area (Å²) in [6, 6.07) is 4.34. The van der Waals surface area contributed by atoms with E-state index in [9.17, 15) is 0 Å². The smallest absolute Gasteiger partial charge is 0.122 e. The normalized spacial score (nSPS) is 10.7. The lowest BCUT2D eigenvalue weighted by Crippen LogP contribution is -2.01. The van der Waals surface area contributed by atoms with Gasteiger partial charge in [0.15, 0.2) is 0 Å². The standard InChI is InChI=1S/C13H20O/c1-9(2)6-12-11(4)7-10(3)8-13(12)14-5/h7-9H,6H2,1-5H3. The lowest BCUT2D eigenvalue weighted by molar-refractivity contribution is 0.406. The van der Waals surface area contributed by atoms with Gasteiger partial charge in [-0.15, -0.1) is 0 Å². The van der Waals surface area contributed by atoms with Crippen molar-refractivity contribution in [3.05, 3.63) is 28.8 Å². The van der Waals surface area contributed by atoms with Crippen LogP contribution in [0.4, 0.5) is 0 Å². The molecular formula is C13H20O. The average molecular weight is 192 g/mol. The predicted molar refractivity (Wildman–Crippen MR) is 61.0 cm³/mol. The van der Waals surface area contributed by atoms with E-state index in [2.05, 4.69) is 39.8 Å². The first-order valence-electron chi connectivity index (χ1n) is 5.18. The van der Waals surface area contributed by atoms with E-state index in [4.69, 9.17) is 4.74 Å². The molecule has 1 nitrogen and oxygen atoms in total. The summed E-state index contributed by atoms with van der Waals surface area (Å²) < 4.78 is 5.41. The molecule has 0 fully saturated rings. The highest BCUT2D eigenvalue weighted by atomic mass is 16.5. The lowest BCUT2D eigenvalue weighted by atomic mass is 9.96. The summed E-state index contributed by atoms with van der Waals surface area (Å²) in [4.78, 5) is 0. The maximum atomic E-state index is 5.41. The highest BCUT2D eigenvalue weighted by Crippen LogP contribution is 2.26. The Morgan fingerprint density at radius 3 is 2.36 bits per heavy atom. The largest absolute Gasteiger partial charge is 0.496 e. The summed E-state index contributed by atoms with van der Waals surface area (Å²) in [5, 5.41) is 0. The van der Waals surface area contributed by atoms with E-state index in [0.717, 1.165) is 12.2 Å². The molecule has 0 aliphatic carbocycles. The third-order valence-corrected chi connectivity index (χ3v) is 2.41. The number of benzene rings is 1. The third-order valence-electron chi connectivity index (χ3n) is 2.41. The van der Waals surface area contributed by atoms with Crippen molar-refractivity contribution < 1.29 is 4.74 Å². The second-order valence-corrected chi connectivity index (χ2v) is 4.36. The monoisotopic (exact) mass is 192 g/mol. The average Bonchev–Trinajstić information content (AvgIpc) is 2.08. The van der Waals surface area contributed by atoms with Crippen LogP contribution in [-0.4, -0.2) is 7.11 Å². The van der Waals surface area contributed by atoms with Gasteiger partial charge < -0.3 is 4.74 Å². The first-order chi connectivity index (χ1) is 6.54. The molecule has 0 radical (unpaired) electrons. The predicted octanol–water partition coefficient (Wildman–Crippen LogP) is 3.51. The van der Waals surface area contributed by atoms with Crippen molar-refractivity contribution in [1.82, 2.24) is 0 Å². The molecule has 0 saturated carbocycles. The molecule has 0 unspecified atom stereocenters. The molecule has 1 aromatic carbocycles. The van der Waals surface area contributed by atoms with Gasteiger partial charge in [0.05, 0.1) is 7.11 Å². The van der Waals surface area contributed by atoms with Crippen molar-refractivity contribution in [3.63, 3.8) is 0 Å². The van der Waals surface area contributed by atoms with E-state index >= 15 is 0 Å². The molecule has 0 aromatic heterocycles.